The van der Waals surface area contributed by atoms with Crippen molar-refractivity contribution in [2.24, 2.45) is 11.5 Å². The first-order valence-electron chi connectivity index (χ1n) is 2.98. The van der Waals surface area contributed by atoms with Crippen LogP contribution in [0.1, 0.15) is 12.8 Å². The molecule has 0 aromatic heterocycles. The number of rotatable bonds is 0. The summed E-state index contributed by atoms with van der Waals surface area (Å²) in [5.41, 5.74) is 8.75. The highest BCUT2D eigenvalue weighted by Crippen LogP contribution is 2.37. The van der Waals surface area contributed by atoms with Gasteiger partial charge in [-0.2, -0.15) is 10.5 Å². The molecule has 1 fully saturated rings. The average Bonchev–Trinajstić information content (AvgIpc) is 1.99. The summed E-state index contributed by atoms with van der Waals surface area (Å²) in [4.78, 5) is 0. The van der Waals surface area contributed by atoms with E-state index in [2.05, 4.69) is 0 Å². The number of hydrogen-bond acceptors (Lipinski definition) is 4. The van der Waals surface area contributed by atoms with E-state index in [-0.39, 0.29) is 0 Å². The van der Waals surface area contributed by atoms with Gasteiger partial charge < -0.3 is 11.5 Å². The second-order valence-corrected chi connectivity index (χ2v) is 2.67. The van der Waals surface area contributed by atoms with Gasteiger partial charge >= 0.3 is 0 Å². The Morgan fingerprint density at radius 2 is 1.30 bits per heavy atom. The van der Waals surface area contributed by atoms with E-state index in [4.69, 9.17) is 22.0 Å². The summed E-state index contributed by atoms with van der Waals surface area (Å²) in [5, 5.41) is 17.0. The van der Waals surface area contributed by atoms with E-state index in [0.717, 1.165) is 0 Å². The topological polar surface area (TPSA) is 99.6 Å². The number of hydrogen-bond donors (Lipinski definition) is 2. The maximum absolute atomic E-state index is 8.51. The molecule has 0 aromatic rings. The molecule has 0 radical (unpaired) electrons. The Hall–Kier alpha value is -1.10. The van der Waals surface area contributed by atoms with Crippen LogP contribution in [-0.4, -0.2) is 11.1 Å². The molecule has 52 valence electrons. The van der Waals surface area contributed by atoms with E-state index < -0.39 is 11.1 Å². The zero-order valence-electron chi connectivity index (χ0n) is 5.46. The maximum Gasteiger partial charge on any atom is 0.136 e. The van der Waals surface area contributed by atoms with Crippen LogP contribution in [0.25, 0.3) is 0 Å². The zero-order valence-corrected chi connectivity index (χ0v) is 5.46. The van der Waals surface area contributed by atoms with Gasteiger partial charge in [-0.3, -0.25) is 0 Å². The fourth-order valence-electron chi connectivity index (χ4n) is 0.975. The third-order valence-electron chi connectivity index (χ3n) is 2.11. The molecule has 0 spiro atoms. The van der Waals surface area contributed by atoms with Gasteiger partial charge in [0.05, 0.1) is 12.1 Å². The lowest BCUT2D eigenvalue weighted by Gasteiger charge is -2.45. The summed E-state index contributed by atoms with van der Waals surface area (Å²) in [7, 11) is 0. The molecule has 0 saturated heterocycles. The average molecular weight is 136 g/mol. The minimum absolute atomic E-state index is 0.521. The van der Waals surface area contributed by atoms with Gasteiger partial charge in [0.1, 0.15) is 11.1 Å². The van der Waals surface area contributed by atoms with Gasteiger partial charge in [0.15, 0.2) is 0 Å². The molecule has 0 aliphatic heterocycles. The Morgan fingerprint density at radius 1 is 1.00 bits per heavy atom. The molecule has 2 atom stereocenters. The van der Waals surface area contributed by atoms with Crippen LogP contribution in [0.15, 0.2) is 0 Å². The lowest BCUT2D eigenvalue weighted by Crippen LogP contribution is -2.72. The van der Waals surface area contributed by atoms with E-state index in [1.54, 1.807) is 0 Å². The number of nitriles is 2. The molecule has 4 heteroatoms. The van der Waals surface area contributed by atoms with Crippen molar-refractivity contribution in [3.8, 4) is 12.1 Å². The fraction of sp³-hybridized carbons (Fsp3) is 0.667. The van der Waals surface area contributed by atoms with Crippen molar-refractivity contribution < 1.29 is 0 Å². The van der Waals surface area contributed by atoms with E-state index in [1.807, 2.05) is 12.1 Å². The third-order valence-corrected chi connectivity index (χ3v) is 2.11. The lowest BCUT2D eigenvalue weighted by molar-refractivity contribution is 0.196. The molecule has 1 aliphatic rings. The zero-order chi connectivity index (χ0) is 7.83. The van der Waals surface area contributed by atoms with Crippen LogP contribution >= 0.6 is 0 Å². The molecule has 0 amide bonds. The van der Waals surface area contributed by atoms with Crippen molar-refractivity contribution in [3.05, 3.63) is 0 Å². The first-order chi connectivity index (χ1) is 4.58. The van der Waals surface area contributed by atoms with Crippen molar-refractivity contribution in [2.75, 3.05) is 0 Å². The van der Waals surface area contributed by atoms with Gasteiger partial charge in [-0.1, -0.05) is 0 Å². The molecule has 4 N–H and O–H groups in total. The molecular weight excluding hydrogens is 128 g/mol. The van der Waals surface area contributed by atoms with E-state index in [9.17, 15) is 0 Å². The predicted molar refractivity (Wildman–Crippen MR) is 34.3 cm³/mol. The Morgan fingerprint density at radius 3 is 1.40 bits per heavy atom. The van der Waals surface area contributed by atoms with Crippen molar-refractivity contribution in [2.45, 2.75) is 23.9 Å². The summed E-state index contributed by atoms with van der Waals surface area (Å²) in [6.07, 6.45) is 1.04. The van der Waals surface area contributed by atoms with Crippen molar-refractivity contribution >= 4 is 0 Å². The molecule has 0 unspecified atom stereocenters. The Labute approximate surface area is 59.0 Å². The maximum atomic E-state index is 8.51. The van der Waals surface area contributed by atoms with Gasteiger partial charge in [0, 0.05) is 0 Å². The standard InChI is InChI=1S/C6H8N4/c7-3-5(9)1-2-6(5,10)4-8/h1-2,9-10H2/t5-,6+. The predicted octanol–water partition coefficient (Wildman–Crippen LogP) is -0.778. The van der Waals surface area contributed by atoms with Gasteiger partial charge in [-0.05, 0) is 12.8 Å². The summed E-state index contributed by atoms with van der Waals surface area (Å²) < 4.78 is 0. The van der Waals surface area contributed by atoms with Gasteiger partial charge in [0.25, 0.3) is 0 Å². The van der Waals surface area contributed by atoms with Crippen LogP contribution in [0.2, 0.25) is 0 Å². The Kier molecular flexibility index (Phi) is 1.19. The fourth-order valence-corrected chi connectivity index (χ4v) is 0.975. The third kappa shape index (κ3) is 0.550. The molecule has 0 heterocycles. The highest BCUT2D eigenvalue weighted by molar-refractivity contribution is 5.34. The first-order valence-corrected chi connectivity index (χ1v) is 2.98. The molecule has 1 saturated carbocycles. The molecule has 1 rings (SSSR count). The number of nitrogens with two attached hydrogens (primary N) is 2. The largest absolute Gasteiger partial charge is 0.311 e. The SMILES string of the molecule is N#C[C@@]1(N)CC[C@@]1(N)C#N. The summed E-state index contributed by atoms with van der Waals surface area (Å²) in [6, 6.07) is 3.70. The summed E-state index contributed by atoms with van der Waals surface area (Å²) >= 11 is 0. The quantitative estimate of drug-likeness (QED) is 0.456. The minimum atomic E-state index is -1.11. The van der Waals surface area contributed by atoms with E-state index in [0.29, 0.717) is 12.8 Å². The van der Waals surface area contributed by atoms with E-state index in [1.165, 1.54) is 0 Å². The summed E-state index contributed by atoms with van der Waals surface area (Å²) in [6.45, 7) is 0. The van der Waals surface area contributed by atoms with Crippen LogP contribution < -0.4 is 11.5 Å². The van der Waals surface area contributed by atoms with Crippen molar-refractivity contribution in [1.82, 2.24) is 0 Å². The second-order valence-electron chi connectivity index (χ2n) is 2.67. The minimum Gasteiger partial charge on any atom is -0.311 e. The smallest absolute Gasteiger partial charge is 0.136 e. The highest BCUT2D eigenvalue weighted by atomic mass is 15.0. The second kappa shape index (κ2) is 1.69. The first kappa shape index (κ1) is 7.01. The van der Waals surface area contributed by atoms with Crippen LogP contribution in [0.4, 0.5) is 0 Å². The van der Waals surface area contributed by atoms with Gasteiger partial charge in [0.2, 0.25) is 0 Å². The van der Waals surface area contributed by atoms with E-state index >= 15 is 0 Å². The summed E-state index contributed by atoms with van der Waals surface area (Å²) in [5.74, 6) is 0. The normalized spacial score (nSPS) is 44.8. The molecule has 1 aliphatic carbocycles. The molecule has 0 aromatic carbocycles. The molecule has 4 nitrogen and oxygen atoms in total. The molecule has 0 bridgehead atoms. The Balaban J connectivity index is 2.90. The van der Waals surface area contributed by atoms with Gasteiger partial charge in [-0.25, -0.2) is 0 Å². The van der Waals surface area contributed by atoms with Crippen LogP contribution in [0.3, 0.4) is 0 Å². The van der Waals surface area contributed by atoms with Crippen molar-refractivity contribution in [3.63, 3.8) is 0 Å². The van der Waals surface area contributed by atoms with Crippen LogP contribution in [0, 0.1) is 22.7 Å². The van der Waals surface area contributed by atoms with Crippen LogP contribution in [0.5, 0.6) is 0 Å². The van der Waals surface area contributed by atoms with Crippen LogP contribution in [-0.2, 0) is 0 Å². The number of nitrogens with zero attached hydrogens (tertiary/aromatic N) is 2. The highest BCUT2D eigenvalue weighted by Gasteiger charge is 2.55. The monoisotopic (exact) mass is 136 g/mol. The Bertz CT molecular complexity index is 209. The van der Waals surface area contributed by atoms with Gasteiger partial charge in [-0.15, -0.1) is 0 Å². The molecular formula is C6H8N4. The lowest BCUT2D eigenvalue weighted by atomic mass is 9.63. The molecule has 10 heavy (non-hydrogen) atoms. The van der Waals surface area contributed by atoms with Crippen molar-refractivity contribution in [1.29, 1.82) is 10.5 Å².